The second-order valence-corrected chi connectivity index (χ2v) is 6.32. The molecule has 9 heteroatoms. The lowest BCUT2D eigenvalue weighted by Crippen LogP contribution is -2.41. The number of hydrogen-bond acceptors (Lipinski definition) is 7. The largest absolute Gasteiger partial charge is 0.433 e. The Bertz CT molecular complexity index is 823. The van der Waals surface area contributed by atoms with Gasteiger partial charge in [-0.05, 0) is 24.2 Å². The predicted molar refractivity (Wildman–Crippen MR) is 99.6 cm³/mol. The Morgan fingerprint density at radius 2 is 1.93 bits per heavy atom. The van der Waals surface area contributed by atoms with Crippen LogP contribution in [0.15, 0.2) is 45.9 Å². The van der Waals surface area contributed by atoms with Gasteiger partial charge in [0.05, 0.1) is 12.3 Å². The van der Waals surface area contributed by atoms with Crippen LogP contribution in [0.5, 0.6) is 0 Å². The maximum atomic E-state index is 12.0. The molecule has 0 unspecified atom stereocenters. The van der Waals surface area contributed by atoms with Crippen molar-refractivity contribution >= 4 is 18.0 Å². The van der Waals surface area contributed by atoms with Gasteiger partial charge in [-0.15, -0.1) is 0 Å². The first kappa shape index (κ1) is 18.6. The van der Waals surface area contributed by atoms with Crippen LogP contribution in [0.25, 0.3) is 0 Å². The molecule has 9 nitrogen and oxygen atoms in total. The summed E-state index contributed by atoms with van der Waals surface area (Å²) in [5, 5.41) is 19.8. The minimum Gasteiger partial charge on any atom is -0.395 e. The van der Waals surface area contributed by atoms with Crippen molar-refractivity contribution in [1.82, 2.24) is 15.2 Å². The molecule has 3 rings (SSSR count). The summed E-state index contributed by atoms with van der Waals surface area (Å²) in [6.07, 6.45) is 1.83. The minimum atomic E-state index is -0.681. The molecule has 0 radical (unpaired) electrons. The number of rotatable bonds is 6. The normalized spacial score (nSPS) is 15.2. The number of hydrazone groups is 1. The monoisotopic (exact) mass is 371 g/mol. The van der Waals surface area contributed by atoms with E-state index >= 15 is 0 Å². The molecule has 0 saturated carbocycles. The molecule has 0 atom stereocenters. The van der Waals surface area contributed by atoms with E-state index in [4.69, 9.17) is 4.42 Å². The third-order valence-electron chi connectivity index (χ3n) is 4.28. The number of hydrogen-bond donors (Lipinski definition) is 1. The van der Waals surface area contributed by atoms with Gasteiger partial charge >= 0.3 is 5.88 Å². The Morgan fingerprint density at radius 1 is 1.22 bits per heavy atom. The predicted octanol–water partition coefficient (Wildman–Crippen LogP) is 1.70. The van der Waals surface area contributed by atoms with Crippen molar-refractivity contribution in [3.63, 3.8) is 0 Å². The number of furan rings is 1. The Labute approximate surface area is 156 Å². The van der Waals surface area contributed by atoms with Crippen LogP contribution in [0.3, 0.4) is 0 Å². The smallest absolute Gasteiger partial charge is 0.395 e. The van der Waals surface area contributed by atoms with Crippen LogP contribution in [0, 0.1) is 10.1 Å². The summed E-state index contributed by atoms with van der Waals surface area (Å²) < 4.78 is 4.87. The lowest BCUT2D eigenvalue weighted by Gasteiger charge is -2.30. The lowest BCUT2D eigenvalue weighted by atomic mass is 10.1. The highest BCUT2D eigenvalue weighted by atomic mass is 16.6. The van der Waals surface area contributed by atoms with Crippen molar-refractivity contribution in [3.05, 3.63) is 63.4 Å². The van der Waals surface area contributed by atoms with E-state index in [9.17, 15) is 14.9 Å². The first-order valence-corrected chi connectivity index (χ1v) is 8.60. The number of nitro groups is 1. The second-order valence-electron chi connectivity index (χ2n) is 6.32. The van der Waals surface area contributed by atoms with Crippen LogP contribution in [0.4, 0.5) is 5.88 Å². The van der Waals surface area contributed by atoms with E-state index in [2.05, 4.69) is 27.4 Å². The van der Waals surface area contributed by atoms with Crippen LogP contribution >= 0.6 is 0 Å². The van der Waals surface area contributed by atoms with Crippen molar-refractivity contribution < 1.29 is 14.1 Å². The number of piperazine rings is 1. The molecule has 1 N–H and O–H groups in total. The molecule has 1 fully saturated rings. The zero-order valence-electron chi connectivity index (χ0n) is 15.0. The van der Waals surface area contributed by atoms with Gasteiger partial charge in [-0.1, -0.05) is 24.3 Å². The van der Waals surface area contributed by atoms with E-state index < -0.39 is 16.7 Å². The number of carbonyl (C=O) groups is 1. The molecule has 0 aliphatic carbocycles. The summed E-state index contributed by atoms with van der Waals surface area (Å²) in [7, 11) is 2.10. The topological polar surface area (TPSA) is 104 Å². The first-order valence-electron chi connectivity index (χ1n) is 8.60. The van der Waals surface area contributed by atoms with E-state index in [0.29, 0.717) is 6.54 Å². The SMILES string of the molecule is CN1CCN(/N=C/c2ccc(CNC(=O)c3ccc([N+](=O)[O-])o3)cc2)CC1. The summed E-state index contributed by atoms with van der Waals surface area (Å²) in [4.78, 5) is 24.1. The zero-order chi connectivity index (χ0) is 19.2. The quantitative estimate of drug-likeness (QED) is 0.471. The second kappa shape index (κ2) is 8.45. The maximum Gasteiger partial charge on any atom is 0.433 e. The van der Waals surface area contributed by atoms with Gasteiger partial charge in [0.15, 0.2) is 5.76 Å². The molecule has 2 aromatic rings. The van der Waals surface area contributed by atoms with E-state index in [1.54, 1.807) is 0 Å². The summed E-state index contributed by atoms with van der Waals surface area (Å²) in [5.74, 6) is -1.04. The van der Waals surface area contributed by atoms with Gasteiger partial charge in [0.1, 0.15) is 4.92 Å². The number of likely N-dealkylation sites (N-methyl/N-ethyl adjacent to an activating group) is 1. The summed E-state index contributed by atoms with van der Waals surface area (Å²) >= 11 is 0. The molecule has 1 saturated heterocycles. The molecule has 1 aliphatic rings. The molecular formula is C18H21N5O4. The third kappa shape index (κ3) is 5.14. The Balaban J connectivity index is 1.50. The van der Waals surface area contributed by atoms with Gasteiger partial charge in [-0.2, -0.15) is 5.10 Å². The first-order chi connectivity index (χ1) is 13.0. The number of carbonyl (C=O) groups excluding carboxylic acids is 1. The van der Waals surface area contributed by atoms with Crippen LogP contribution in [0.1, 0.15) is 21.7 Å². The fourth-order valence-electron chi connectivity index (χ4n) is 2.60. The molecule has 142 valence electrons. The van der Waals surface area contributed by atoms with E-state index in [1.807, 2.05) is 30.5 Å². The highest BCUT2D eigenvalue weighted by Crippen LogP contribution is 2.15. The van der Waals surface area contributed by atoms with Crippen molar-refractivity contribution in [2.45, 2.75) is 6.54 Å². The Hall–Kier alpha value is -3.20. The average molecular weight is 371 g/mol. The van der Waals surface area contributed by atoms with Crippen LogP contribution in [-0.2, 0) is 6.54 Å². The fraction of sp³-hybridized carbons (Fsp3) is 0.333. The van der Waals surface area contributed by atoms with Gasteiger partial charge in [0, 0.05) is 32.7 Å². The Morgan fingerprint density at radius 3 is 2.56 bits per heavy atom. The van der Waals surface area contributed by atoms with Crippen LogP contribution < -0.4 is 5.32 Å². The molecule has 1 aromatic carbocycles. The molecule has 0 bridgehead atoms. The van der Waals surface area contributed by atoms with Crippen molar-refractivity contribution in [3.8, 4) is 0 Å². The Kier molecular flexibility index (Phi) is 5.82. The van der Waals surface area contributed by atoms with Crippen molar-refractivity contribution in [2.75, 3.05) is 33.2 Å². The van der Waals surface area contributed by atoms with Gasteiger partial charge < -0.3 is 14.6 Å². The standard InChI is InChI=1S/C18H21N5O4/c1-21-8-10-22(11-9-21)20-13-15-4-2-14(3-5-15)12-19-18(24)16-6-7-17(27-16)23(25)26/h2-7,13H,8-12H2,1H3,(H,19,24)/b20-13+. The van der Waals surface area contributed by atoms with Crippen LogP contribution in [0.2, 0.25) is 0 Å². The van der Waals surface area contributed by atoms with Gasteiger partial charge in [-0.3, -0.25) is 19.9 Å². The van der Waals surface area contributed by atoms with Crippen molar-refractivity contribution in [1.29, 1.82) is 0 Å². The third-order valence-corrected chi connectivity index (χ3v) is 4.28. The minimum absolute atomic E-state index is 0.0855. The summed E-state index contributed by atoms with van der Waals surface area (Å²) in [6, 6.07) is 10.1. The number of amides is 1. The summed E-state index contributed by atoms with van der Waals surface area (Å²) in [5.41, 5.74) is 1.88. The summed E-state index contributed by atoms with van der Waals surface area (Å²) in [6.45, 7) is 4.15. The van der Waals surface area contributed by atoms with Crippen LogP contribution in [-0.4, -0.2) is 60.2 Å². The molecule has 1 aromatic heterocycles. The van der Waals surface area contributed by atoms with Crippen molar-refractivity contribution in [2.24, 2.45) is 5.10 Å². The van der Waals surface area contributed by atoms with Gasteiger partial charge in [-0.25, -0.2) is 0 Å². The van der Waals surface area contributed by atoms with E-state index in [-0.39, 0.29) is 5.76 Å². The number of benzene rings is 1. The zero-order valence-corrected chi connectivity index (χ0v) is 15.0. The average Bonchev–Trinajstić information content (AvgIpc) is 3.17. The maximum absolute atomic E-state index is 12.0. The number of nitrogens with zero attached hydrogens (tertiary/aromatic N) is 4. The molecule has 0 spiro atoms. The molecular weight excluding hydrogens is 350 g/mol. The number of nitrogens with one attached hydrogen (secondary N) is 1. The molecule has 1 amide bonds. The van der Waals surface area contributed by atoms with E-state index in [1.165, 1.54) is 6.07 Å². The van der Waals surface area contributed by atoms with Gasteiger partial charge in [0.25, 0.3) is 5.91 Å². The molecule has 27 heavy (non-hydrogen) atoms. The lowest BCUT2D eigenvalue weighted by molar-refractivity contribution is -0.402. The van der Waals surface area contributed by atoms with Gasteiger partial charge in [0.2, 0.25) is 0 Å². The highest BCUT2D eigenvalue weighted by Gasteiger charge is 2.16. The van der Waals surface area contributed by atoms with E-state index in [0.717, 1.165) is 43.4 Å². The highest BCUT2D eigenvalue weighted by molar-refractivity contribution is 5.91. The fourth-order valence-corrected chi connectivity index (χ4v) is 2.60. The molecule has 1 aliphatic heterocycles. The molecule has 2 heterocycles.